The van der Waals surface area contributed by atoms with Gasteiger partial charge in [0.15, 0.2) is 6.10 Å². The molecule has 0 amide bonds. The van der Waals surface area contributed by atoms with E-state index in [2.05, 4.69) is 4.74 Å². The van der Waals surface area contributed by atoms with Crippen LogP contribution in [-0.2, 0) is 39.7 Å². The largest absolute Gasteiger partial charge is 0.491 e. The first-order valence-corrected chi connectivity index (χ1v) is 11.0. The molecule has 0 fully saturated rings. The summed E-state index contributed by atoms with van der Waals surface area (Å²) in [5.74, 6) is 0.0441. The number of rotatable bonds is 15. The minimum atomic E-state index is -3.73. The number of carbonyl (C=O) groups excluding carboxylic acids is 1. The van der Waals surface area contributed by atoms with Crippen molar-refractivity contribution >= 4 is 16.1 Å². The van der Waals surface area contributed by atoms with Gasteiger partial charge >= 0.3 is 5.97 Å². The van der Waals surface area contributed by atoms with Crippen LogP contribution in [0.3, 0.4) is 0 Å². The summed E-state index contributed by atoms with van der Waals surface area (Å²) in [5, 5.41) is 0. The third kappa shape index (κ3) is 11.2. The number of methoxy groups -OCH3 is 1. The van der Waals surface area contributed by atoms with E-state index in [-0.39, 0.29) is 6.42 Å². The van der Waals surface area contributed by atoms with Gasteiger partial charge in [0.05, 0.1) is 33.2 Å². The average Bonchev–Trinajstić information content (AvgIpc) is 2.66. The van der Waals surface area contributed by atoms with Crippen molar-refractivity contribution in [2.24, 2.45) is 0 Å². The molecule has 0 saturated carbocycles. The lowest BCUT2D eigenvalue weighted by Gasteiger charge is -2.14. The van der Waals surface area contributed by atoms with Gasteiger partial charge in [-0.25, -0.2) is 4.79 Å². The number of esters is 1. The fourth-order valence-electron chi connectivity index (χ4n) is 2.37. The van der Waals surface area contributed by atoms with Crippen LogP contribution < -0.4 is 4.74 Å². The molecular formula is C19H30O8S. The van der Waals surface area contributed by atoms with Crippen molar-refractivity contribution in [3.05, 3.63) is 29.8 Å². The highest BCUT2D eigenvalue weighted by Gasteiger charge is 2.24. The zero-order valence-corrected chi connectivity index (χ0v) is 17.5. The lowest BCUT2D eigenvalue weighted by molar-refractivity contribution is -0.149. The highest BCUT2D eigenvalue weighted by molar-refractivity contribution is 7.86. The van der Waals surface area contributed by atoms with Crippen molar-refractivity contribution in [2.75, 3.05) is 46.4 Å². The van der Waals surface area contributed by atoms with Crippen LogP contribution in [-0.4, -0.2) is 66.9 Å². The van der Waals surface area contributed by atoms with Crippen LogP contribution in [0.4, 0.5) is 0 Å². The Morgan fingerprint density at radius 3 is 2.29 bits per heavy atom. The van der Waals surface area contributed by atoms with Gasteiger partial charge in [-0.15, -0.1) is 0 Å². The Bertz CT molecular complexity index is 657. The summed E-state index contributed by atoms with van der Waals surface area (Å²) < 4.78 is 48.0. The van der Waals surface area contributed by atoms with E-state index < -0.39 is 22.2 Å². The maximum atomic E-state index is 11.6. The summed E-state index contributed by atoms with van der Waals surface area (Å²) in [5.41, 5.74) is 1.04. The summed E-state index contributed by atoms with van der Waals surface area (Å²) in [7, 11) is -2.53. The fraction of sp³-hybridized carbons (Fsp3) is 0.632. The molecule has 0 aliphatic rings. The standard InChI is InChI=1S/C19H30O8S/c1-4-24-12-13-25-14-15-26-17-10-8-16(9-11-17)6-5-7-18(19(20)23-2)27-28(3,21)22/h8-11,18H,4-7,12-15H2,1-3H3. The number of ether oxygens (including phenoxy) is 4. The summed E-state index contributed by atoms with van der Waals surface area (Å²) in [6.07, 6.45) is 1.28. The van der Waals surface area contributed by atoms with Gasteiger partial charge < -0.3 is 18.9 Å². The lowest BCUT2D eigenvalue weighted by atomic mass is 10.1. The maximum Gasteiger partial charge on any atom is 0.336 e. The summed E-state index contributed by atoms with van der Waals surface area (Å²) in [4.78, 5) is 11.6. The summed E-state index contributed by atoms with van der Waals surface area (Å²) >= 11 is 0. The van der Waals surface area contributed by atoms with Crippen molar-refractivity contribution in [1.29, 1.82) is 0 Å². The fourth-order valence-corrected chi connectivity index (χ4v) is 2.97. The normalized spacial score (nSPS) is 12.5. The van der Waals surface area contributed by atoms with Crippen LogP contribution in [0.15, 0.2) is 24.3 Å². The van der Waals surface area contributed by atoms with Gasteiger partial charge in [-0.3, -0.25) is 4.18 Å². The molecule has 0 saturated heterocycles. The van der Waals surface area contributed by atoms with Crippen molar-refractivity contribution in [1.82, 2.24) is 0 Å². The number of hydrogen-bond acceptors (Lipinski definition) is 8. The van der Waals surface area contributed by atoms with Gasteiger partial charge in [0.2, 0.25) is 0 Å². The molecule has 1 rings (SSSR count). The molecule has 0 heterocycles. The molecule has 0 aromatic heterocycles. The summed E-state index contributed by atoms with van der Waals surface area (Å²) in [6.45, 7) is 4.69. The third-order valence-electron chi connectivity index (χ3n) is 3.68. The first kappa shape index (κ1) is 24.4. The monoisotopic (exact) mass is 418 g/mol. The van der Waals surface area contributed by atoms with Crippen LogP contribution in [0.1, 0.15) is 25.3 Å². The second-order valence-corrected chi connectivity index (χ2v) is 7.61. The van der Waals surface area contributed by atoms with Crippen LogP contribution >= 0.6 is 0 Å². The molecular weight excluding hydrogens is 388 g/mol. The third-order valence-corrected chi connectivity index (χ3v) is 4.26. The second kappa shape index (κ2) is 13.5. The van der Waals surface area contributed by atoms with E-state index in [4.69, 9.17) is 18.4 Å². The molecule has 1 aromatic rings. The molecule has 1 atom stereocenters. The highest BCUT2D eigenvalue weighted by Crippen LogP contribution is 2.16. The van der Waals surface area contributed by atoms with E-state index in [1.807, 2.05) is 31.2 Å². The number of carbonyl (C=O) groups is 1. The van der Waals surface area contributed by atoms with E-state index in [1.165, 1.54) is 7.11 Å². The molecule has 0 aliphatic heterocycles. The van der Waals surface area contributed by atoms with Crippen LogP contribution in [0.25, 0.3) is 0 Å². The number of aryl methyl sites for hydroxylation is 1. The molecule has 0 radical (unpaired) electrons. The van der Waals surface area contributed by atoms with E-state index in [0.717, 1.165) is 17.6 Å². The molecule has 0 spiro atoms. The Kier molecular flexibility index (Phi) is 11.7. The predicted octanol–water partition coefficient (Wildman–Crippen LogP) is 1.96. The van der Waals surface area contributed by atoms with E-state index in [1.54, 1.807) is 0 Å². The van der Waals surface area contributed by atoms with Gasteiger partial charge in [0.25, 0.3) is 10.1 Å². The molecule has 28 heavy (non-hydrogen) atoms. The number of hydrogen-bond donors (Lipinski definition) is 0. The Balaban J connectivity index is 2.32. The molecule has 160 valence electrons. The zero-order valence-electron chi connectivity index (χ0n) is 16.7. The van der Waals surface area contributed by atoms with Gasteiger partial charge in [-0.2, -0.15) is 8.42 Å². The van der Waals surface area contributed by atoms with Gasteiger partial charge in [0.1, 0.15) is 12.4 Å². The zero-order chi connectivity index (χ0) is 20.8. The topological polar surface area (TPSA) is 97.4 Å². The maximum absolute atomic E-state index is 11.6. The Hall–Kier alpha value is -1.68. The van der Waals surface area contributed by atoms with Crippen molar-refractivity contribution in [3.8, 4) is 5.75 Å². The molecule has 9 heteroatoms. The van der Waals surface area contributed by atoms with Gasteiger partial charge in [-0.05, 0) is 43.9 Å². The molecule has 0 N–H and O–H groups in total. The van der Waals surface area contributed by atoms with E-state index in [9.17, 15) is 13.2 Å². The molecule has 0 aliphatic carbocycles. The first-order chi connectivity index (χ1) is 13.4. The number of benzene rings is 1. The van der Waals surface area contributed by atoms with Crippen LogP contribution in [0.5, 0.6) is 5.75 Å². The minimum Gasteiger partial charge on any atom is -0.491 e. The van der Waals surface area contributed by atoms with Crippen molar-refractivity contribution in [3.63, 3.8) is 0 Å². The molecule has 1 aromatic carbocycles. The van der Waals surface area contributed by atoms with Crippen molar-refractivity contribution < 1.29 is 36.3 Å². The molecule has 1 unspecified atom stereocenters. The van der Waals surface area contributed by atoms with Crippen LogP contribution in [0.2, 0.25) is 0 Å². The first-order valence-electron chi connectivity index (χ1n) is 9.19. The predicted molar refractivity (Wildman–Crippen MR) is 104 cm³/mol. The Morgan fingerprint density at radius 2 is 1.68 bits per heavy atom. The van der Waals surface area contributed by atoms with Gasteiger partial charge in [-0.1, -0.05) is 12.1 Å². The second-order valence-electron chi connectivity index (χ2n) is 6.01. The Morgan fingerprint density at radius 1 is 1.04 bits per heavy atom. The van der Waals surface area contributed by atoms with E-state index in [0.29, 0.717) is 45.9 Å². The van der Waals surface area contributed by atoms with Gasteiger partial charge in [0, 0.05) is 6.61 Å². The smallest absolute Gasteiger partial charge is 0.336 e. The minimum absolute atomic E-state index is 0.247. The molecule has 8 nitrogen and oxygen atoms in total. The quantitative estimate of drug-likeness (QED) is 0.242. The van der Waals surface area contributed by atoms with Crippen LogP contribution in [0, 0.1) is 0 Å². The lowest BCUT2D eigenvalue weighted by Crippen LogP contribution is -2.28. The summed E-state index contributed by atoms with van der Waals surface area (Å²) in [6, 6.07) is 7.58. The average molecular weight is 419 g/mol. The van der Waals surface area contributed by atoms with E-state index >= 15 is 0 Å². The Labute approximate surface area is 167 Å². The highest BCUT2D eigenvalue weighted by atomic mass is 32.2. The SMILES string of the molecule is CCOCCOCCOc1ccc(CCCC(OS(C)(=O)=O)C(=O)OC)cc1. The van der Waals surface area contributed by atoms with Crippen molar-refractivity contribution in [2.45, 2.75) is 32.3 Å². The molecule has 0 bridgehead atoms.